The standard InChI is InChI=1S/C33H44F2N6O4/c1-22(42)19-27-31(43)41(17-18-45-3)33(27,2)26(25-8-4-10-28(34)29(25)35)9-6-14-37-32(44)39-15-11-24(12-16-39)40-20-23-7-5-13-36-30(23)38-21-40/h4-5,7-8,10,13,24,26-27H,6,9,11-12,14-21H2,1-3H3,(H,36,38)(H,37,44)/t26-,27?,33?/m0/s1. The van der Waals surface area contributed by atoms with E-state index in [-0.39, 0.29) is 42.9 Å². The van der Waals surface area contributed by atoms with Crippen molar-refractivity contribution in [3.05, 3.63) is 59.3 Å². The number of β-lactam (4-membered cyclic amide) rings is 1. The number of piperidine rings is 1. The molecular formula is C33H44F2N6O4. The quantitative estimate of drug-likeness (QED) is 0.270. The molecule has 2 saturated heterocycles. The van der Waals surface area contributed by atoms with Gasteiger partial charge in [-0.1, -0.05) is 18.2 Å². The number of hydrogen-bond donors (Lipinski definition) is 2. The Bertz CT molecular complexity index is 1390. The number of amides is 3. The highest BCUT2D eigenvalue weighted by Gasteiger charge is 2.60. The second kappa shape index (κ2) is 14.2. The molecule has 0 bridgehead atoms. The molecule has 5 rings (SSSR count). The molecule has 45 heavy (non-hydrogen) atoms. The molecule has 3 atom stereocenters. The lowest BCUT2D eigenvalue weighted by atomic mass is 9.61. The summed E-state index contributed by atoms with van der Waals surface area (Å²) < 4.78 is 34.9. The molecule has 4 heterocycles. The first-order valence-electron chi connectivity index (χ1n) is 15.8. The molecule has 244 valence electrons. The predicted octanol–water partition coefficient (Wildman–Crippen LogP) is 4.13. The number of carbonyl (C=O) groups is 3. The number of urea groups is 1. The van der Waals surface area contributed by atoms with Gasteiger partial charge in [-0.2, -0.15) is 0 Å². The topological polar surface area (TPSA) is 107 Å². The molecule has 2 fully saturated rings. The number of ketones is 1. The summed E-state index contributed by atoms with van der Waals surface area (Å²) in [5, 5.41) is 6.39. The van der Waals surface area contributed by atoms with E-state index in [9.17, 15) is 18.8 Å². The number of aromatic nitrogens is 1. The van der Waals surface area contributed by atoms with E-state index < -0.39 is 29.0 Å². The number of ether oxygens (including phenoxy) is 1. The summed E-state index contributed by atoms with van der Waals surface area (Å²) >= 11 is 0. The van der Waals surface area contributed by atoms with Gasteiger partial charge in [0.25, 0.3) is 0 Å². The molecule has 0 saturated carbocycles. The fourth-order valence-corrected chi connectivity index (χ4v) is 7.38. The Hall–Kier alpha value is -3.64. The van der Waals surface area contributed by atoms with E-state index in [1.54, 1.807) is 17.2 Å². The Morgan fingerprint density at radius 2 is 1.98 bits per heavy atom. The fourth-order valence-electron chi connectivity index (χ4n) is 7.38. The Kier molecular flexibility index (Phi) is 10.3. The highest BCUT2D eigenvalue weighted by atomic mass is 19.2. The van der Waals surface area contributed by atoms with Crippen LogP contribution in [0.4, 0.5) is 19.4 Å². The van der Waals surface area contributed by atoms with Crippen LogP contribution in [-0.2, 0) is 20.9 Å². The lowest BCUT2D eigenvalue weighted by Crippen LogP contribution is -2.72. The van der Waals surface area contributed by atoms with E-state index >= 15 is 4.39 Å². The van der Waals surface area contributed by atoms with Crippen LogP contribution in [0.1, 0.15) is 63.0 Å². The van der Waals surface area contributed by atoms with Crippen LogP contribution in [0.2, 0.25) is 0 Å². The molecule has 2 aromatic rings. The molecule has 0 radical (unpaired) electrons. The molecule has 0 aliphatic carbocycles. The zero-order valence-electron chi connectivity index (χ0n) is 26.4. The summed E-state index contributed by atoms with van der Waals surface area (Å²) in [6, 6.07) is 8.34. The molecule has 3 aliphatic rings. The van der Waals surface area contributed by atoms with Gasteiger partial charge in [0, 0.05) is 70.0 Å². The molecule has 0 spiro atoms. The monoisotopic (exact) mass is 626 g/mol. The highest BCUT2D eigenvalue weighted by Crippen LogP contribution is 2.51. The number of hydrogen-bond acceptors (Lipinski definition) is 7. The van der Waals surface area contributed by atoms with Crippen LogP contribution in [0, 0.1) is 17.6 Å². The highest BCUT2D eigenvalue weighted by molar-refractivity contribution is 5.92. The third-order valence-electron chi connectivity index (χ3n) is 9.85. The first kappa shape index (κ1) is 32.7. The lowest BCUT2D eigenvalue weighted by molar-refractivity contribution is -0.176. The van der Waals surface area contributed by atoms with Gasteiger partial charge in [-0.15, -0.1) is 0 Å². The zero-order valence-corrected chi connectivity index (χ0v) is 26.4. The zero-order chi connectivity index (χ0) is 32.1. The molecule has 1 aromatic carbocycles. The number of halogens is 2. The molecule has 2 N–H and O–H groups in total. The van der Waals surface area contributed by atoms with Crippen LogP contribution in [0.3, 0.4) is 0 Å². The molecular weight excluding hydrogens is 582 g/mol. The summed E-state index contributed by atoms with van der Waals surface area (Å²) in [7, 11) is 1.53. The number of carbonyl (C=O) groups excluding carboxylic acids is 3. The van der Waals surface area contributed by atoms with Crippen molar-refractivity contribution < 1.29 is 27.9 Å². The van der Waals surface area contributed by atoms with Crippen LogP contribution in [-0.4, -0.2) is 95.6 Å². The Balaban J connectivity index is 1.19. The van der Waals surface area contributed by atoms with Crippen molar-refractivity contribution >= 4 is 23.5 Å². The van der Waals surface area contributed by atoms with Gasteiger partial charge in [-0.05, 0) is 57.2 Å². The lowest BCUT2D eigenvalue weighted by Gasteiger charge is -2.60. The van der Waals surface area contributed by atoms with E-state index in [4.69, 9.17) is 4.74 Å². The fraction of sp³-hybridized carbons (Fsp3) is 0.576. The van der Waals surface area contributed by atoms with Crippen molar-refractivity contribution in [3.8, 4) is 0 Å². The Morgan fingerprint density at radius 1 is 1.20 bits per heavy atom. The van der Waals surface area contributed by atoms with Gasteiger partial charge >= 0.3 is 6.03 Å². The number of anilines is 1. The summed E-state index contributed by atoms with van der Waals surface area (Å²) in [4.78, 5) is 48.6. The maximum Gasteiger partial charge on any atom is 0.317 e. The van der Waals surface area contributed by atoms with Gasteiger partial charge < -0.3 is 30.0 Å². The van der Waals surface area contributed by atoms with Crippen molar-refractivity contribution in [3.63, 3.8) is 0 Å². The van der Waals surface area contributed by atoms with Crippen molar-refractivity contribution in [1.29, 1.82) is 0 Å². The van der Waals surface area contributed by atoms with Crippen LogP contribution >= 0.6 is 0 Å². The Labute approximate surface area is 263 Å². The first-order chi connectivity index (χ1) is 21.6. The summed E-state index contributed by atoms with van der Waals surface area (Å²) in [5.74, 6) is -2.57. The van der Waals surface area contributed by atoms with E-state index in [1.165, 1.54) is 25.7 Å². The third kappa shape index (κ3) is 6.81. The summed E-state index contributed by atoms with van der Waals surface area (Å²) in [5.41, 5.74) is 0.414. The van der Waals surface area contributed by atoms with Crippen LogP contribution < -0.4 is 10.6 Å². The average Bonchev–Trinajstić information content (AvgIpc) is 3.05. The summed E-state index contributed by atoms with van der Waals surface area (Å²) in [6.07, 6.45) is 4.40. The first-order valence-corrected chi connectivity index (χ1v) is 15.8. The van der Waals surface area contributed by atoms with Gasteiger partial charge in [0.05, 0.1) is 24.7 Å². The smallest absolute Gasteiger partial charge is 0.317 e. The number of fused-ring (bicyclic) bond motifs is 1. The number of nitrogens with zero attached hydrogens (tertiary/aromatic N) is 4. The molecule has 10 nitrogen and oxygen atoms in total. The Morgan fingerprint density at radius 3 is 2.71 bits per heavy atom. The van der Waals surface area contributed by atoms with E-state index in [1.807, 2.05) is 17.9 Å². The summed E-state index contributed by atoms with van der Waals surface area (Å²) in [6.45, 7) is 7.02. The average molecular weight is 627 g/mol. The van der Waals surface area contributed by atoms with E-state index in [0.29, 0.717) is 38.5 Å². The van der Waals surface area contributed by atoms with E-state index in [2.05, 4.69) is 26.6 Å². The van der Waals surface area contributed by atoms with E-state index in [0.717, 1.165) is 37.9 Å². The van der Waals surface area contributed by atoms with Gasteiger partial charge in [0.15, 0.2) is 11.6 Å². The molecule has 3 amide bonds. The minimum atomic E-state index is -0.962. The predicted molar refractivity (Wildman–Crippen MR) is 165 cm³/mol. The largest absolute Gasteiger partial charge is 0.383 e. The molecule has 3 aliphatic heterocycles. The molecule has 2 unspecified atom stereocenters. The number of rotatable bonds is 12. The minimum Gasteiger partial charge on any atom is -0.383 e. The molecule has 1 aromatic heterocycles. The van der Waals surface area contributed by atoms with Crippen molar-refractivity contribution in [1.82, 2.24) is 25.0 Å². The van der Waals surface area contributed by atoms with Gasteiger partial charge in [0.2, 0.25) is 5.91 Å². The van der Waals surface area contributed by atoms with Crippen LogP contribution in [0.25, 0.3) is 0 Å². The minimum absolute atomic E-state index is 0.0236. The van der Waals surface area contributed by atoms with Crippen molar-refractivity contribution in [2.45, 2.75) is 70.0 Å². The number of pyridine rings is 1. The number of likely N-dealkylation sites (tertiary alicyclic amines) is 2. The van der Waals surface area contributed by atoms with Crippen molar-refractivity contribution in [2.24, 2.45) is 5.92 Å². The third-order valence-corrected chi connectivity index (χ3v) is 9.85. The van der Waals surface area contributed by atoms with Crippen molar-refractivity contribution in [2.75, 3.05) is 51.9 Å². The normalized spacial score (nSPS) is 22.8. The number of Topliss-reactive ketones (excluding diaryl/α,β-unsaturated/α-hetero) is 1. The number of methoxy groups -OCH3 is 1. The second-order valence-corrected chi connectivity index (χ2v) is 12.5. The number of nitrogens with one attached hydrogen (secondary N) is 2. The number of benzene rings is 1. The second-order valence-electron chi connectivity index (χ2n) is 12.5. The van der Waals surface area contributed by atoms with Crippen LogP contribution in [0.5, 0.6) is 0 Å². The maximum absolute atomic E-state index is 15.3. The van der Waals surface area contributed by atoms with Gasteiger partial charge in [-0.25, -0.2) is 18.6 Å². The van der Waals surface area contributed by atoms with Gasteiger partial charge in [-0.3, -0.25) is 9.69 Å². The van der Waals surface area contributed by atoms with Crippen LogP contribution in [0.15, 0.2) is 36.5 Å². The SMILES string of the molecule is COCCN1C(=O)C(CC(C)=O)C1(C)[C@@H](CCCNC(=O)N1CCC(N2CNc3ncccc3C2)CC1)c1cccc(F)c1F. The van der Waals surface area contributed by atoms with Gasteiger partial charge in [0.1, 0.15) is 11.6 Å². The maximum atomic E-state index is 15.3. The molecule has 12 heteroatoms.